The molecule has 2 heterocycles. The molecule has 1 aliphatic rings. The minimum absolute atomic E-state index is 0.0809. The second-order valence-corrected chi connectivity index (χ2v) is 11.6. The molecule has 0 spiro atoms. The molecule has 0 bridgehead atoms. The van der Waals surface area contributed by atoms with E-state index in [1.54, 1.807) is 31.2 Å². The smallest absolute Gasteiger partial charge is 0.330 e. The van der Waals surface area contributed by atoms with Crippen molar-refractivity contribution >= 4 is 24.4 Å². The van der Waals surface area contributed by atoms with Crippen LogP contribution >= 0.6 is 6.64 Å². The van der Waals surface area contributed by atoms with E-state index in [9.17, 15) is 14.4 Å². The monoisotopic (exact) mass is 545 g/mol. The molecular weight excluding hydrogens is 517 g/mol. The van der Waals surface area contributed by atoms with E-state index in [2.05, 4.69) is 10.1 Å². The Morgan fingerprint density at radius 2 is 1.84 bits per heavy atom. The highest BCUT2D eigenvalue weighted by Gasteiger charge is 2.32. The van der Waals surface area contributed by atoms with Crippen LogP contribution < -0.4 is 20.9 Å². The molecule has 4 rings (SSSR count). The number of aromatic nitrogens is 2. The summed E-state index contributed by atoms with van der Waals surface area (Å²) in [5, 5.41) is 3.02. The van der Waals surface area contributed by atoms with Gasteiger partial charge in [-0.2, -0.15) is 0 Å². The fraction of sp³-hybridized carbons (Fsp3) is 0.320. The summed E-state index contributed by atoms with van der Waals surface area (Å²) in [5.41, 5.74) is -0.143. The lowest BCUT2D eigenvalue weighted by Gasteiger charge is -2.27. The lowest BCUT2D eigenvalue weighted by Crippen LogP contribution is -2.35. The van der Waals surface area contributed by atoms with Crippen molar-refractivity contribution in [2.24, 2.45) is 0 Å². The third-order valence-electron chi connectivity index (χ3n) is 5.57. The Balaban J connectivity index is 1.39. The van der Waals surface area contributed by atoms with Crippen molar-refractivity contribution < 1.29 is 23.3 Å². The van der Waals surface area contributed by atoms with Crippen molar-refractivity contribution in [2.45, 2.75) is 44.7 Å². The third kappa shape index (κ3) is 7.70. The van der Waals surface area contributed by atoms with Crippen LogP contribution in [0.5, 0.6) is 5.75 Å². The molecule has 3 aromatic rings. The van der Waals surface area contributed by atoms with Gasteiger partial charge >= 0.3 is 18.3 Å². The summed E-state index contributed by atoms with van der Waals surface area (Å²) >= 11 is 5.75. The second kappa shape index (κ2) is 12.4. The molecular formula is C25H28N3O7PS. The number of nitrogens with zero attached hydrogens (tertiary/aromatic N) is 1. The first-order chi connectivity index (χ1) is 17.8. The highest BCUT2D eigenvalue weighted by Crippen LogP contribution is 2.46. The van der Waals surface area contributed by atoms with E-state index in [4.69, 9.17) is 30.3 Å². The average Bonchev–Trinajstić information content (AvgIpc) is 3.36. The number of para-hydroxylation sites is 1. The Hall–Kier alpha value is -3.08. The average molecular weight is 546 g/mol. The van der Waals surface area contributed by atoms with Crippen LogP contribution in [-0.2, 0) is 37.2 Å². The molecule has 1 aromatic heterocycles. The van der Waals surface area contributed by atoms with E-state index < -0.39 is 36.1 Å². The van der Waals surface area contributed by atoms with Gasteiger partial charge in [0.25, 0.3) is 5.56 Å². The number of benzene rings is 2. The summed E-state index contributed by atoms with van der Waals surface area (Å²) in [4.78, 5) is 38.3. The van der Waals surface area contributed by atoms with Gasteiger partial charge in [-0.1, -0.05) is 48.5 Å². The maximum Gasteiger partial charge on any atom is 0.330 e. The molecule has 4 atom stereocenters. The number of rotatable bonds is 11. The maximum absolute atomic E-state index is 12.7. The summed E-state index contributed by atoms with van der Waals surface area (Å²) in [5.74, 6) is 0.00107. The van der Waals surface area contributed by atoms with Crippen molar-refractivity contribution in [1.29, 1.82) is 0 Å². The largest absolute Gasteiger partial charge is 0.460 e. The second-order valence-electron chi connectivity index (χ2n) is 8.45. The van der Waals surface area contributed by atoms with E-state index in [0.29, 0.717) is 18.6 Å². The van der Waals surface area contributed by atoms with Crippen LogP contribution in [0.4, 0.5) is 0 Å². The number of hydrogen-bond acceptors (Lipinski definition) is 8. The third-order valence-corrected chi connectivity index (χ3v) is 8.07. The predicted octanol–water partition coefficient (Wildman–Crippen LogP) is 3.26. The summed E-state index contributed by atoms with van der Waals surface area (Å²) in [6, 6.07) is 18.8. The van der Waals surface area contributed by atoms with Crippen LogP contribution in [0.15, 0.2) is 82.5 Å². The van der Waals surface area contributed by atoms with Gasteiger partial charge in [0.05, 0.1) is 12.7 Å². The Kier molecular flexibility index (Phi) is 9.07. The first-order valence-electron chi connectivity index (χ1n) is 11.8. The van der Waals surface area contributed by atoms with Gasteiger partial charge in [-0.3, -0.25) is 19.1 Å². The molecule has 37 heavy (non-hydrogen) atoms. The molecule has 1 fully saturated rings. The Morgan fingerprint density at radius 1 is 1.14 bits per heavy atom. The molecule has 0 saturated carbocycles. The standard InChI is InChI=1S/C25H28N3O7PS/c1-18(24(30)32-16-19-8-4-2-5-9-19)27-36(37,35-20-10-6-3-7-11-20)33-17-21-12-13-23(34-21)28-15-14-22(29)26-25(28)31/h2-11,14-15,18,21,23H,12-13,16-17H2,1H3,(H,27,37)(H,26,29,31)/t18-,21?,23?,36?/m1/s1. The molecule has 3 unspecified atom stereocenters. The number of esters is 1. The van der Waals surface area contributed by atoms with E-state index in [1.165, 1.54) is 16.8 Å². The van der Waals surface area contributed by atoms with Crippen molar-refractivity contribution in [3.63, 3.8) is 0 Å². The van der Waals surface area contributed by atoms with E-state index in [0.717, 1.165) is 5.56 Å². The van der Waals surface area contributed by atoms with Crippen molar-refractivity contribution in [2.75, 3.05) is 6.61 Å². The highest BCUT2D eigenvalue weighted by atomic mass is 32.5. The molecule has 1 aliphatic heterocycles. The van der Waals surface area contributed by atoms with Crippen molar-refractivity contribution in [3.05, 3.63) is 99.3 Å². The van der Waals surface area contributed by atoms with Crippen LogP contribution in [-0.4, -0.2) is 34.3 Å². The lowest BCUT2D eigenvalue weighted by molar-refractivity contribution is -0.146. The number of carbonyl (C=O) groups excluding carboxylic acids is 1. The number of H-pyrrole nitrogens is 1. The molecule has 0 aliphatic carbocycles. The topological polar surface area (TPSA) is 121 Å². The van der Waals surface area contributed by atoms with E-state index in [-0.39, 0.29) is 19.3 Å². The normalized spacial score (nSPS) is 19.6. The molecule has 10 nitrogen and oxygen atoms in total. The Morgan fingerprint density at radius 3 is 2.54 bits per heavy atom. The molecule has 2 aromatic carbocycles. The molecule has 2 N–H and O–H groups in total. The first-order valence-corrected chi connectivity index (χ1v) is 14.4. The quantitative estimate of drug-likeness (QED) is 0.276. The van der Waals surface area contributed by atoms with Gasteiger partial charge in [0.2, 0.25) is 0 Å². The van der Waals surface area contributed by atoms with Crippen LogP contribution in [0.2, 0.25) is 0 Å². The number of nitrogens with one attached hydrogen (secondary N) is 2. The fourth-order valence-corrected chi connectivity index (χ4v) is 6.14. The minimum atomic E-state index is -3.22. The number of ether oxygens (including phenoxy) is 2. The van der Waals surface area contributed by atoms with Gasteiger partial charge in [0, 0.05) is 12.3 Å². The van der Waals surface area contributed by atoms with Crippen LogP contribution in [0, 0.1) is 0 Å². The SMILES string of the molecule is C[C@@H](NP(=S)(OCC1CCC(n2ccc(=O)[nH]c2=O)O1)Oc1ccccc1)C(=O)OCc1ccccc1. The molecule has 12 heteroatoms. The van der Waals surface area contributed by atoms with Crippen molar-refractivity contribution in [1.82, 2.24) is 14.6 Å². The fourth-order valence-electron chi connectivity index (χ4n) is 3.70. The van der Waals surface area contributed by atoms with Gasteiger partial charge in [-0.15, -0.1) is 0 Å². The molecule has 0 radical (unpaired) electrons. The maximum atomic E-state index is 12.7. The summed E-state index contributed by atoms with van der Waals surface area (Å²) in [7, 11) is 0. The number of carbonyl (C=O) groups is 1. The Bertz CT molecular complexity index is 1350. The lowest BCUT2D eigenvalue weighted by atomic mass is 10.2. The van der Waals surface area contributed by atoms with Crippen molar-refractivity contribution in [3.8, 4) is 5.75 Å². The van der Waals surface area contributed by atoms with Gasteiger partial charge in [-0.05, 0) is 49.3 Å². The zero-order valence-electron chi connectivity index (χ0n) is 20.1. The van der Waals surface area contributed by atoms with Gasteiger partial charge in [0.15, 0.2) is 0 Å². The van der Waals surface area contributed by atoms with Crippen LogP contribution in [0.25, 0.3) is 0 Å². The molecule has 196 valence electrons. The predicted molar refractivity (Wildman–Crippen MR) is 141 cm³/mol. The highest BCUT2D eigenvalue weighted by molar-refractivity contribution is 8.09. The molecule has 0 amide bonds. The molecule has 1 saturated heterocycles. The van der Waals surface area contributed by atoms with Crippen LogP contribution in [0.3, 0.4) is 0 Å². The number of aromatic amines is 1. The van der Waals surface area contributed by atoms with Gasteiger partial charge < -0.3 is 18.5 Å². The Labute approximate surface area is 218 Å². The minimum Gasteiger partial charge on any atom is -0.460 e. The zero-order valence-corrected chi connectivity index (χ0v) is 21.9. The van der Waals surface area contributed by atoms with Gasteiger partial charge in [0.1, 0.15) is 24.6 Å². The van der Waals surface area contributed by atoms with Gasteiger partial charge in [-0.25, -0.2) is 9.88 Å². The summed E-state index contributed by atoms with van der Waals surface area (Å²) in [6.07, 6.45) is 1.66. The number of hydrogen-bond donors (Lipinski definition) is 2. The summed E-state index contributed by atoms with van der Waals surface area (Å²) in [6.45, 7) is -1.37. The first kappa shape index (κ1) is 27.0. The summed E-state index contributed by atoms with van der Waals surface area (Å²) < 4.78 is 24.8. The zero-order chi connectivity index (χ0) is 26.3. The van der Waals surface area contributed by atoms with E-state index >= 15 is 0 Å². The van der Waals surface area contributed by atoms with Crippen LogP contribution in [0.1, 0.15) is 31.6 Å². The van der Waals surface area contributed by atoms with E-state index in [1.807, 2.05) is 36.4 Å².